The molecule has 14 heteroatoms. The lowest BCUT2D eigenvalue weighted by Gasteiger charge is -2.16. The molecule has 0 amide bonds. The first kappa shape index (κ1) is 38.7. The molecule has 0 fully saturated rings. The number of carbonyl (C=O) groups is 2. The number of carboxylic acids is 2. The molecular weight excluding hydrogens is 848 g/mol. The van der Waals surface area contributed by atoms with Crippen LogP contribution in [0.2, 0.25) is 0 Å². The molecule has 5 heterocycles. The Morgan fingerprint density at radius 3 is 1.39 bits per heavy atom. The molecule has 4 N–H and O–H groups in total. The molecule has 2 atom stereocenters. The number of ether oxygens (including phenoxy) is 4. The predicted octanol–water partition coefficient (Wildman–Crippen LogP) is 9.95. The number of rotatable bonds is 14. The van der Waals surface area contributed by atoms with Crippen molar-refractivity contribution in [3.63, 3.8) is 0 Å². The Morgan fingerprint density at radius 2 is 1.00 bits per heavy atom. The molecule has 2 aliphatic rings. The number of carboxylic acid groups (broad SMARTS) is 2. The Hall–Kier alpha value is -5.54. The summed E-state index contributed by atoms with van der Waals surface area (Å²) in [5.74, 6) is -1.78. The van der Waals surface area contributed by atoms with Crippen molar-refractivity contribution in [1.82, 2.24) is 19.9 Å². The summed E-state index contributed by atoms with van der Waals surface area (Å²) in [6.07, 6.45) is 6.05. The summed E-state index contributed by atoms with van der Waals surface area (Å²) in [6.45, 7) is 4.27. The van der Waals surface area contributed by atoms with Gasteiger partial charge in [0.15, 0.2) is 0 Å². The van der Waals surface area contributed by atoms with Gasteiger partial charge in [-0.2, -0.15) is 0 Å². The molecule has 2 aliphatic heterocycles. The number of nitrogens with one attached hydrogen (secondary N) is 2. The summed E-state index contributed by atoms with van der Waals surface area (Å²) in [4.78, 5) is 41.0. The maximum Gasteiger partial charge on any atom is 0.373 e. The number of aromatic amines is 2. The summed E-state index contributed by atoms with van der Waals surface area (Å²) >= 11 is 7.59. The van der Waals surface area contributed by atoms with Crippen molar-refractivity contribution in [3.8, 4) is 33.8 Å². The highest BCUT2D eigenvalue weighted by Gasteiger charge is 2.23. The van der Waals surface area contributed by atoms with Crippen LogP contribution in [0.15, 0.2) is 81.7 Å². The van der Waals surface area contributed by atoms with Crippen LogP contribution in [-0.4, -0.2) is 67.9 Å². The Kier molecular flexibility index (Phi) is 11.8. The fourth-order valence-electron chi connectivity index (χ4n) is 6.20. The molecule has 286 valence electrons. The fourth-order valence-corrected chi connectivity index (χ4v) is 7.11. The van der Waals surface area contributed by atoms with E-state index in [-0.39, 0.29) is 13.2 Å². The van der Waals surface area contributed by atoms with Gasteiger partial charge in [-0.05, 0) is 129 Å². The van der Waals surface area contributed by atoms with Crippen LogP contribution in [0.25, 0.3) is 68.6 Å². The molecular formula is C42H36Br2N4O8. The highest BCUT2D eigenvalue weighted by molar-refractivity contribution is 9.11. The number of hydrogen-bond donors (Lipinski definition) is 4. The van der Waals surface area contributed by atoms with Gasteiger partial charge in [0.25, 0.3) is 12.6 Å². The van der Waals surface area contributed by atoms with Gasteiger partial charge in [-0.1, -0.05) is 38.1 Å². The third-order valence-corrected chi connectivity index (χ3v) is 10.4. The van der Waals surface area contributed by atoms with Gasteiger partial charge in [0, 0.05) is 22.2 Å². The summed E-state index contributed by atoms with van der Waals surface area (Å²) < 4.78 is 23.9. The maximum atomic E-state index is 11.9. The van der Waals surface area contributed by atoms with Crippen LogP contribution in [0, 0.1) is 0 Å². The number of aromatic nitrogens is 4. The van der Waals surface area contributed by atoms with Gasteiger partial charge in [0.05, 0.1) is 56.0 Å². The summed E-state index contributed by atoms with van der Waals surface area (Å²) in [5, 5.41) is 19.4. The Balaban J connectivity index is 1.41. The second kappa shape index (κ2) is 17.1. The molecule has 0 saturated heterocycles. The Bertz CT molecular complexity index is 2370. The van der Waals surface area contributed by atoms with Crippen molar-refractivity contribution in [2.24, 2.45) is 0 Å². The highest BCUT2D eigenvalue weighted by atomic mass is 79.9. The first-order chi connectivity index (χ1) is 27.1. The van der Waals surface area contributed by atoms with Gasteiger partial charge in [-0.3, -0.25) is 0 Å². The third kappa shape index (κ3) is 8.33. The van der Waals surface area contributed by atoms with E-state index in [1.165, 1.54) is 0 Å². The van der Waals surface area contributed by atoms with Gasteiger partial charge in [-0.15, -0.1) is 0 Å². The van der Waals surface area contributed by atoms with Gasteiger partial charge in [0.2, 0.25) is 0 Å². The average Bonchev–Trinajstić information content (AvgIpc) is 4.04. The van der Waals surface area contributed by atoms with Crippen molar-refractivity contribution in [1.29, 1.82) is 0 Å². The molecule has 0 radical (unpaired) electrons. The standard InChI is InChI=1S/C42H36Br2N4O8/c1-3-19-53-41(39(49)50)55-25-9-5-7-23(21-25)35-27-11-15-31(45-27)37(43)33-17-13-29(47-33)36(30-14-18-34(48-30)38(44)32-16-12-28(35)46-32)24-8-6-10-26(22-24)56-42(40(51)52)54-20-4-2/h5-18,21-22,41-42,45,48H,3-4,19-20H2,1-2H3,(H,49,50)(H,51,52). The number of H-pyrrole nitrogens is 2. The van der Waals surface area contributed by atoms with Gasteiger partial charge in [-0.25, -0.2) is 19.6 Å². The zero-order valence-electron chi connectivity index (χ0n) is 30.2. The molecule has 2 unspecified atom stereocenters. The van der Waals surface area contributed by atoms with Crippen molar-refractivity contribution >= 4 is 90.2 Å². The molecule has 0 aliphatic carbocycles. The third-order valence-electron chi connectivity index (χ3n) is 8.71. The van der Waals surface area contributed by atoms with Crippen LogP contribution in [0.4, 0.5) is 0 Å². The zero-order valence-corrected chi connectivity index (χ0v) is 33.4. The van der Waals surface area contributed by atoms with E-state index in [0.29, 0.717) is 56.1 Å². The smallest absolute Gasteiger partial charge is 0.373 e. The lowest BCUT2D eigenvalue weighted by atomic mass is 10.0. The van der Waals surface area contributed by atoms with E-state index >= 15 is 0 Å². The van der Waals surface area contributed by atoms with E-state index in [9.17, 15) is 19.8 Å². The van der Waals surface area contributed by atoms with Crippen LogP contribution < -0.4 is 9.47 Å². The second-order valence-electron chi connectivity index (χ2n) is 12.8. The van der Waals surface area contributed by atoms with Crippen LogP contribution in [0.1, 0.15) is 49.5 Å². The number of fused-ring (bicyclic) bond motifs is 8. The average molecular weight is 885 g/mol. The van der Waals surface area contributed by atoms with E-state index in [0.717, 1.165) is 44.3 Å². The largest absolute Gasteiger partial charge is 0.477 e. The molecule has 12 nitrogen and oxygen atoms in total. The molecule has 8 bridgehead atoms. The molecule has 56 heavy (non-hydrogen) atoms. The Morgan fingerprint density at radius 1 is 0.607 bits per heavy atom. The Labute approximate surface area is 338 Å². The van der Waals surface area contributed by atoms with E-state index in [1.54, 1.807) is 36.4 Å². The first-order valence-electron chi connectivity index (χ1n) is 17.8. The van der Waals surface area contributed by atoms with E-state index < -0.39 is 24.5 Å². The van der Waals surface area contributed by atoms with Crippen LogP contribution in [0.3, 0.4) is 0 Å². The first-order valence-corrected chi connectivity index (χ1v) is 19.4. The van der Waals surface area contributed by atoms with E-state index in [1.807, 2.05) is 74.5 Å². The number of aliphatic carboxylic acids is 2. The van der Waals surface area contributed by atoms with E-state index in [2.05, 4.69) is 41.8 Å². The molecule has 0 spiro atoms. The number of halogens is 2. The van der Waals surface area contributed by atoms with Gasteiger partial charge < -0.3 is 39.1 Å². The molecule has 2 aromatic carbocycles. The van der Waals surface area contributed by atoms with Crippen LogP contribution in [0.5, 0.6) is 11.5 Å². The molecule has 5 aromatic rings. The van der Waals surface area contributed by atoms with Crippen LogP contribution >= 0.6 is 31.9 Å². The summed E-state index contributed by atoms with van der Waals surface area (Å²) in [5.41, 5.74) is 8.66. The highest BCUT2D eigenvalue weighted by Crippen LogP contribution is 2.37. The number of hydrogen-bond acceptors (Lipinski definition) is 8. The van der Waals surface area contributed by atoms with E-state index in [4.69, 9.17) is 28.9 Å². The lowest BCUT2D eigenvalue weighted by molar-refractivity contribution is -0.171. The zero-order chi connectivity index (χ0) is 39.3. The second-order valence-corrected chi connectivity index (χ2v) is 14.3. The predicted molar refractivity (Wildman–Crippen MR) is 222 cm³/mol. The number of nitrogens with zero attached hydrogens (tertiary/aromatic N) is 2. The van der Waals surface area contributed by atoms with Crippen molar-refractivity contribution in [3.05, 3.63) is 105 Å². The van der Waals surface area contributed by atoms with Gasteiger partial charge in [0.1, 0.15) is 11.5 Å². The molecule has 0 saturated carbocycles. The van der Waals surface area contributed by atoms with Crippen molar-refractivity contribution in [2.45, 2.75) is 39.3 Å². The number of benzene rings is 2. The SMILES string of the molecule is CCCOC(Oc1cccc(-c2c3nc(c(Br)c4ccc([nH]4)c(-c4cccc(OC(OCCC)C(=O)O)c4)c4nc(c(Br)c5ccc2[nH]5)C=C4)C=C3)c1)C(=O)O. The summed E-state index contributed by atoms with van der Waals surface area (Å²) in [7, 11) is 0. The topological polar surface area (TPSA) is 169 Å². The lowest BCUT2D eigenvalue weighted by Crippen LogP contribution is -2.30. The van der Waals surface area contributed by atoms with Crippen molar-refractivity contribution in [2.75, 3.05) is 13.2 Å². The minimum absolute atomic E-state index is 0.240. The molecule has 7 rings (SSSR count). The minimum Gasteiger partial charge on any atom is -0.477 e. The summed E-state index contributed by atoms with van der Waals surface area (Å²) in [6, 6.07) is 22.1. The normalized spacial score (nSPS) is 13.1. The van der Waals surface area contributed by atoms with Crippen LogP contribution in [-0.2, 0) is 19.1 Å². The monoisotopic (exact) mass is 882 g/mol. The quantitative estimate of drug-likeness (QED) is 0.0772. The van der Waals surface area contributed by atoms with Crippen molar-refractivity contribution < 1.29 is 38.7 Å². The minimum atomic E-state index is -1.46. The van der Waals surface area contributed by atoms with Gasteiger partial charge >= 0.3 is 11.9 Å². The maximum absolute atomic E-state index is 11.9. The molecule has 3 aromatic heterocycles. The fraction of sp³-hybridized carbons (Fsp3) is 0.190.